The van der Waals surface area contributed by atoms with Gasteiger partial charge in [-0.1, -0.05) is 0 Å². The number of non-ortho nitro benzene ring substituents is 1. The van der Waals surface area contributed by atoms with Gasteiger partial charge >= 0.3 is 6.09 Å². The number of ether oxygens (including phenoxy) is 1. The molecule has 2 aromatic rings. The van der Waals surface area contributed by atoms with Gasteiger partial charge in [-0.15, -0.1) is 0 Å². The van der Waals surface area contributed by atoms with Gasteiger partial charge in [-0.25, -0.2) is 4.79 Å². The third kappa shape index (κ3) is 4.88. The monoisotopic (exact) mass is 386 g/mol. The predicted octanol–water partition coefficient (Wildman–Crippen LogP) is 4.34. The molecule has 150 valence electrons. The first-order valence-corrected chi connectivity index (χ1v) is 9.51. The molecule has 0 spiro atoms. The van der Waals surface area contributed by atoms with Crippen molar-refractivity contribution in [2.24, 2.45) is 0 Å². The van der Waals surface area contributed by atoms with Crippen LogP contribution in [-0.2, 0) is 4.74 Å². The minimum atomic E-state index is -0.506. The van der Waals surface area contributed by atoms with E-state index >= 15 is 0 Å². The van der Waals surface area contributed by atoms with Crippen molar-refractivity contribution in [3.05, 3.63) is 40.7 Å². The number of pyridine rings is 1. The summed E-state index contributed by atoms with van der Waals surface area (Å²) in [5.74, 6) is 0. The fraction of sp³-hybridized carbons (Fsp3) is 0.500. The first-order chi connectivity index (χ1) is 13.3. The fourth-order valence-corrected chi connectivity index (χ4v) is 3.09. The number of aromatic nitrogens is 1. The first-order valence-electron chi connectivity index (χ1n) is 9.51. The lowest BCUT2D eigenvalue weighted by Crippen LogP contribution is -2.39. The Morgan fingerprint density at radius 1 is 1.32 bits per heavy atom. The second-order valence-corrected chi connectivity index (χ2v) is 8.00. The van der Waals surface area contributed by atoms with Crippen LogP contribution >= 0.6 is 0 Å². The van der Waals surface area contributed by atoms with Crippen LogP contribution in [0.15, 0.2) is 30.6 Å². The quantitative estimate of drug-likeness (QED) is 0.432. The number of amides is 1. The van der Waals surface area contributed by atoms with Gasteiger partial charge in [0.25, 0.3) is 5.69 Å². The first kappa shape index (κ1) is 19.9. The van der Waals surface area contributed by atoms with E-state index in [4.69, 9.17) is 4.74 Å². The molecular weight excluding hydrogens is 360 g/mol. The molecule has 0 atom stereocenters. The summed E-state index contributed by atoms with van der Waals surface area (Å²) in [6, 6.07) is 5.25. The molecule has 1 amide bonds. The van der Waals surface area contributed by atoms with Crippen LogP contribution in [0, 0.1) is 10.1 Å². The van der Waals surface area contributed by atoms with E-state index in [9.17, 15) is 14.9 Å². The standard InChI is InChI=1S/C20H26N4O4/c1-20(2,3)28-19(25)23(14-5-6-14)12-4-10-22-17-7-8-18(24(26)27)16-13-21-11-9-15(16)17/h7-9,11,13-14,22H,4-6,10,12H2,1-3H3. The Hall–Kier alpha value is -2.90. The van der Waals surface area contributed by atoms with E-state index in [1.165, 1.54) is 12.3 Å². The lowest BCUT2D eigenvalue weighted by atomic mass is 10.1. The van der Waals surface area contributed by atoms with Gasteiger partial charge in [-0.05, 0) is 52.2 Å². The Balaban J connectivity index is 1.61. The maximum absolute atomic E-state index is 12.4. The average molecular weight is 386 g/mol. The number of carbonyl (C=O) groups is 1. The Bertz CT molecular complexity index is 874. The summed E-state index contributed by atoms with van der Waals surface area (Å²) in [5.41, 5.74) is 0.352. The summed E-state index contributed by atoms with van der Waals surface area (Å²) in [4.78, 5) is 29.0. The van der Waals surface area contributed by atoms with Crippen molar-refractivity contribution in [1.29, 1.82) is 0 Å². The van der Waals surface area contributed by atoms with Gasteiger partial charge < -0.3 is 15.0 Å². The zero-order chi connectivity index (χ0) is 20.3. The van der Waals surface area contributed by atoms with Gasteiger partial charge in [0.1, 0.15) is 5.60 Å². The number of rotatable bonds is 7. The van der Waals surface area contributed by atoms with Crippen molar-refractivity contribution < 1.29 is 14.5 Å². The molecule has 1 N–H and O–H groups in total. The molecular formula is C20H26N4O4. The molecule has 1 heterocycles. The van der Waals surface area contributed by atoms with E-state index in [1.54, 1.807) is 18.3 Å². The summed E-state index contributed by atoms with van der Waals surface area (Å²) in [7, 11) is 0. The minimum absolute atomic E-state index is 0.0403. The van der Waals surface area contributed by atoms with Crippen LogP contribution in [0.1, 0.15) is 40.0 Å². The molecule has 1 aromatic heterocycles. The number of nitrogens with one attached hydrogen (secondary N) is 1. The van der Waals surface area contributed by atoms with Crippen molar-refractivity contribution in [3.63, 3.8) is 0 Å². The number of nitrogens with zero attached hydrogens (tertiary/aromatic N) is 3. The molecule has 1 aliphatic rings. The molecule has 8 heteroatoms. The van der Waals surface area contributed by atoms with Gasteiger partial charge in [0.15, 0.2) is 0 Å². The maximum atomic E-state index is 12.4. The predicted molar refractivity (Wildman–Crippen MR) is 107 cm³/mol. The number of nitro benzene ring substituents is 1. The third-order valence-electron chi connectivity index (χ3n) is 4.50. The van der Waals surface area contributed by atoms with Gasteiger partial charge in [-0.2, -0.15) is 0 Å². The number of fused-ring (bicyclic) bond motifs is 1. The van der Waals surface area contributed by atoms with Gasteiger partial charge in [0, 0.05) is 48.7 Å². The highest BCUT2D eigenvalue weighted by atomic mass is 16.6. The molecule has 28 heavy (non-hydrogen) atoms. The Kier molecular flexibility index (Phi) is 5.67. The lowest BCUT2D eigenvalue weighted by molar-refractivity contribution is -0.383. The van der Waals surface area contributed by atoms with Crippen LogP contribution in [0.4, 0.5) is 16.2 Å². The number of hydrogen-bond acceptors (Lipinski definition) is 6. The van der Waals surface area contributed by atoms with Crippen molar-refractivity contribution in [2.75, 3.05) is 18.4 Å². The van der Waals surface area contributed by atoms with Crippen molar-refractivity contribution in [1.82, 2.24) is 9.88 Å². The number of hydrogen-bond donors (Lipinski definition) is 1. The van der Waals surface area contributed by atoms with Crippen LogP contribution in [0.5, 0.6) is 0 Å². The Labute approximate surface area is 164 Å². The highest BCUT2D eigenvalue weighted by Gasteiger charge is 2.34. The SMILES string of the molecule is CC(C)(C)OC(=O)N(CCCNc1ccc([N+](=O)[O-])c2cnccc12)C1CC1. The van der Waals surface area contributed by atoms with E-state index in [0.29, 0.717) is 18.5 Å². The van der Waals surface area contributed by atoms with Crippen molar-refractivity contribution in [3.8, 4) is 0 Å². The zero-order valence-electron chi connectivity index (χ0n) is 16.5. The Morgan fingerprint density at radius 2 is 2.07 bits per heavy atom. The van der Waals surface area contributed by atoms with E-state index in [1.807, 2.05) is 25.7 Å². The van der Waals surface area contributed by atoms with E-state index in [-0.39, 0.29) is 17.8 Å². The molecule has 8 nitrogen and oxygen atoms in total. The van der Waals surface area contributed by atoms with Gasteiger partial charge in [0.05, 0.1) is 10.3 Å². The maximum Gasteiger partial charge on any atom is 0.410 e. The van der Waals surface area contributed by atoms with Gasteiger partial charge in [-0.3, -0.25) is 15.1 Å². The third-order valence-corrected chi connectivity index (χ3v) is 4.50. The molecule has 0 saturated heterocycles. The van der Waals surface area contributed by atoms with Crippen LogP contribution in [0.2, 0.25) is 0 Å². The van der Waals surface area contributed by atoms with E-state index in [2.05, 4.69) is 10.3 Å². The van der Waals surface area contributed by atoms with E-state index < -0.39 is 10.5 Å². The molecule has 3 rings (SSSR count). The zero-order valence-corrected chi connectivity index (χ0v) is 16.5. The summed E-state index contributed by atoms with van der Waals surface area (Å²) < 4.78 is 5.51. The molecule has 1 aromatic carbocycles. The summed E-state index contributed by atoms with van der Waals surface area (Å²) in [6.07, 6.45) is 5.66. The minimum Gasteiger partial charge on any atom is -0.444 e. The second-order valence-electron chi connectivity index (χ2n) is 8.00. The number of anilines is 1. The summed E-state index contributed by atoms with van der Waals surface area (Å²) in [5, 5.41) is 15.8. The van der Waals surface area contributed by atoms with Crippen molar-refractivity contribution >= 4 is 28.2 Å². The highest BCUT2D eigenvalue weighted by molar-refractivity contribution is 5.99. The molecule has 0 radical (unpaired) electrons. The molecule has 0 bridgehead atoms. The van der Waals surface area contributed by atoms with Crippen LogP contribution in [-0.4, -0.2) is 45.6 Å². The Morgan fingerprint density at radius 3 is 2.71 bits per heavy atom. The average Bonchev–Trinajstić information content (AvgIpc) is 3.44. The smallest absolute Gasteiger partial charge is 0.410 e. The van der Waals surface area contributed by atoms with Gasteiger partial charge in [0.2, 0.25) is 0 Å². The molecule has 1 fully saturated rings. The second kappa shape index (κ2) is 8.00. The molecule has 0 unspecified atom stereocenters. The molecule has 1 aliphatic carbocycles. The topological polar surface area (TPSA) is 97.6 Å². The highest BCUT2D eigenvalue weighted by Crippen LogP contribution is 2.31. The van der Waals surface area contributed by atoms with Crippen LogP contribution in [0.25, 0.3) is 10.8 Å². The normalized spacial score (nSPS) is 14.0. The fourth-order valence-electron chi connectivity index (χ4n) is 3.09. The van der Waals surface area contributed by atoms with E-state index in [0.717, 1.165) is 30.3 Å². The lowest BCUT2D eigenvalue weighted by Gasteiger charge is -2.27. The molecule has 1 saturated carbocycles. The van der Waals surface area contributed by atoms with Crippen LogP contribution in [0.3, 0.4) is 0 Å². The summed E-state index contributed by atoms with van der Waals surface area (Å²) in [6.45, 7) is 6.85. The van der Waals surface area contributed by atoms with Crippen molar-refractivity contribution in [2.45, 2.75) is 51.7 Å². The number of nitro groups is 1. The van der Waals surface area contributed by atoms with Crippen LogP contribution < -0.4 is 5.32 Å². The number of benzene rings is 1. The molecule has 0 aliphatic heterocycles. The largest absolute Gasteiger partial charge is 0.444 e. The summed E-state index contributed by atoms with van der Waals surface area (Å²) >= 11 is 0. The number of carbonyl (C=O) groups excluding carboxylic acids is 1.